The van der Waals surface area contributed by atoms with Gasteiger partial charge in [-0.1, -0.05) is 23.7 Å². The van der Waals surface area contributed by atoms with Crippen LogP contribution in [0.5, 0.6) is 5.75 Å². The monoisotopic (exact) mass is 287 g/mol. The molecule has 0 spiro atoms. The third kappa shape index (κ3) is 2.75. The topological polar surface area (TPSA) is 32.3 Å². The zero-order valence-electron chi connectivity index (χ0n) is 11.4. The number of nitrogens with one attached hydrogen (secondary N) is 1. The quantitative estimate of drug-likeness (QED) is 0.801. The van der Waals surface area contributed by atoms with E-state index in [0.717, 1.165) is 29.1 Å². The number of phenols is 1. The highest BCUT2D eigenvalue weighted by molar-refractivity contribution is 6.30. The molecule has 20 heavy (non-hydrogen) atoms. The Morgan fingerprint density at radius 1 is 1.10 bits per heavy atom. The molecule has 2 aromatic carbocycles. The first kappa shape index (κ1) is 13.3. The summed E-state index contributed by atoms with van der Waals surface area (Å²) in [4.78, 5) is 0. The Morgan fingerprint density at radius 3 is 2.45 bits per heavy atom. The van der Waals surface area contributed by atoms with Crippen LogP contribution in [0.4, 0.5) is 5.69 Å². The van der Waals surface area contributed by atoms with Crippen LogP contribution in [0.2, 0.25) is 5.02 Å². The van der Waals surface area contributed by atoms with E-state index >= 15 is 0 Å². The van der Waals surface area contributed by atoms with Crippen LogP contribution in [0.1, 0.15) is 29.9 Å². The highest BCUT2D eigenvalue weighted by Gasteiger charge is 2.30. The van der Waals surface area contributed by atoms with Crippen LogP contribution < -0.4 is 5.32 Å². The Balaban J connectivity index is 1.59. The molecule has 1 fully saturated rings. The summed E-state index contributed by atoms with van der Waals surface area (Å²) in [5.41, 5.74) is 3.57. The Bertz CT molecular complexity index is 603. The van der Waals surface area contributed by atoms with Gasteiger partial charge in [0.25, 0.3) is 0 Å². The van der Waals surface area contributed by atoms with Crippen molar-refractivity contribution in [3.8, 4) is 5.75 Å². The first-order chi connectivity index (χ1) is 9.61. The predicted octanol–water partition coefficient (Wildman–Crippen LogP) is 4.71. The van der Waals surface area contributed by atoms with Gasteiger partial charge in [0, 0.05) is 16.8 Å². The number of phenolic OH excluding ortho intramolecular Hbond substituents is 1. The van der Waals surface area contributed by atoms with Crippen LogP contribution >= 0.6 is 11.6 Å². The lowest BCUT2D eigenvalue weighted by Crippen LogP contribution is -2.34. The van der Waals surface area contributed by atoms with Gasteiger partial charge in [0.15, 0.2) is 0 Å². The summed E-state index contributed by atoms with van der Waals surface area (Å²) in [7, 11) is 0. The van der Waals surface area contributed by atoms with E-state index in [0.29, 0.717) is 17.7 Å². The number of aryl methyl sites for hydroxylation is 1. The predicted molar refractivity (Wildman–Crippen MR) is 83.7 cm³/mol. The number of hydrogen-bond acceptors (Lipinski definition) is 2. The summed E-state index contributed by atoms with van der Waals surface area (Å²) in [6.45, 7) is 2.01. The average Bonchev–Trinajstić information content (AvgIpc) is 2.37. The second-order valence-corrected chi connectivity index (χ2v) is 6.00. The number of halogens is 1. The van der Waals surface area contributed by atoms with Gasteiger partial charge in [-0.05, 0) is 67.1 Å². The number of aromatic hydroxyl groups is 1. The molecule has 3 heteroatoms. The molecule has 0 amide bonds. The van der Waals surface area contributed by atoms with Crippen LogP contribution in [0.25, 0.3) is 0 Å². The van der Waals surface area contributed by atoms with Crippen LogP contribution in [0.15, 0.2) is 42.5 Å². The van der Waals surface area contributed by atoms with Gasteiger partial charge in [-0.2, -0.15) is 0 Å². The molecule has 2 nitrogen and oxygen atoms in total. The minimum atomic E-state index is 0.320. The van der Waals surface area contributed by atoms with Gasteiger partial charge in [-0.3, -0.25) is 0 Å². The number of rotatable bonds is 3. The maximum Gasteiger partial charge on any atom is 0.115 e. The molecular formula is C17H18ClNO. The van der Waals surface area contributed by atoms with Crippen molar-refractivity contribution < 1.29 is 5.11 Å². The van der Waals surface area contributed by atoms with E-state index in [9.17, 15) is 5.11 Å². The fourth-order valence-corrected chi connectivity index (χ4v) is 2.90. The Labute approximate surface area is 124 Å². The molecule has 0 heterocycles. The van der Waals surface area contributed by atoms with Crippen LogP contribution in [0, 0.1) is 6.92 Å². The Kier molecular flexibility index (Phi) is 3.58. The molecule has 0 atom stereocenters. The smallest absolute Gasteiger partial charge is 0.115 e. The summed E-state index contributed by atoms with van der Waals surface area (Å²) >= 11 is 5.91. The highest BCUT2D eigenvalue weighted by Crippen LogP contribution is 2.39. The molecule has 0 aliphatic heterocycles. The summed E-state index contributed by atoms with van der Waals surface area (Å²) in [6.07, 6.45) is 2.28. The fraction of sp³-hybridized carbons (Fsp3) is 0.294. The number of hydrogen-bond donors (Lipinski definition) is 2. The van der Waals surface area contributed by atoms with E-state index in [1.54, 1.807) is 12.1 Å². The third-order valence-electron chi connectivity index (χ3n) is 4.05. The van der Waals surface area contributed by atoms with Crippen LogP contribution in [0.3, 0.4) is 0 Å². The molecule has 1 saturated carbocycles. The van der Waals surface area contributed by atoms with Gasteiger partial charge in [0.1, 0.15) is 5.75 Å². The van der Waals surface area contributed by atoms with Gasteiger partial charge >= 0.3 is 0 Å². The van der Waals surface area contributed by atoms with Crippen molar-refractivity contribution in [2.75, 3.05) is 5.32 Å². The molecule has 1 aliphatic carbocycles. The lowest BCUT2D eigenvalue weighted by atomic mass is 9.76. The van der Waals surface area contributed by atoms with E-state index in [-0.39, 0.29) is 0 Å². The molecule has 0 radical (unpaired) electrons. The van der Waals surface area contributed by atoms with Crippen LogP contribution in [-0.4, -0.2) is 11.1 Å². The minimum absolute atomic E-state index is 0.320. The van der Waals surface area contributed by atoms with Gasteiger partial charge in [0.2, 0.25) is 0 Å². The lowest BCUT2D eigenvalue weighted by molar-refractivity contribution is 0.374. The van der Waals surface area contributed by atoms with Gasteiger partial charge < -0.3 is 10.4 Å². The molecule has 104 valence electrons. The van der Waals surface area contributed by atoms with Crippen molar-refractivity contribution in [3.05, 3.63) is 58.6 Å². The summed E-state index contributed by atoms with van der Waals surface area (Å²) < 4.78 is 0. The van der Waals surface area contributed by atoms with E-state index in [1.807, 2.05) is 25.1 Å². The highest BCUT2D eigenvalue weighted by atomic mass is 35.5. The van der Waals surface area contributed by atoms with Crippen molar-refractivity contribution in [1.29, 1.82) is 0 Å². The van der Waals surface area contributed by atoms with Gasteiger partial charge in [-0.25, -0.2) is 0 Å². The first-order valence-corrected chi connectivity index (χ1v) is 7.31. The number of benzene rings is 2. The fourth-order valence-electron chi connectivity index (χ4n) is 2.77. The number of anilines is 1. The standard InChI is InChI=1S/C17H18ClNO/c1-11-8-16(20)6-7-17(11)19-15-9-13(10-15)12-2-4-14(18)5-3-12/h2-8,13,15,19-20H,9-10H2,1H3. The van der Waals surface area contributed by atoms with Gasteiger partial charge in [0.05, 0.1) is 0 Å². The SMILES string of the molecule is Cc1cc(O)ccc1NC1CC(c2ccc(Cl)cc2)C1. The second kappa shape index (κ2) is 5.37. The second-order valence-electron chi connectivity index (χ2n) is 5.56. The van der Waals surface area contributed by atoms with E-state index in [4.69, 9.17) is 11.6 Å². The summed E-state index contributed by atoms with van der Waals surface area (Å²) in [5.74, 6) is 0.947. The Hall–Kier alpha value is -1.67. The molecule has 1 aliphatic rings. The minimum Gasteiger partial charge on any atom is -0.508 e. The summed E-state index contributed by atoms with van der Waals surface area (Å²) in [5, 5.41) is 13.8. The van der Waals surface area contributed by atoms with Crippen molar-refractivity contribution in [1.82, 2.24) is 0 Å². The van der Waals surface area contributed by atoms with Crippen molar-refractivity contribution in [2.24, 2.45) is 0 Å². The van der Waals surface area contributed by atoms with Gasteiger partial charge in [-0.15, -0.1) is 0 Å². The average molecular weight is 288 g/mol. The molecule has 2 N–H and O–H groups in total. The maximum atomic E-state index is 9.42. The van der Waals surface area contributed by atoms with E-state index < -0.39 is 0 Å². The molecule has 0 unspecified atom stereocenters. The Morgan fingerprint density at radius 2 is 1.80 bits per heavy atom. The normalized spacial score (nSPS) is 21.3. The molecule has 3 rings (SSSR count). The zero-order chi connectivity index (χ0) is 14.1. The molecule has 0 bridgehead atoms. The van der Waals surface area contributed by atoms with Crippen LogP contribution in [-0.2, 0) is 0 Å². The van der Waals surface area contributed by atoms with Crippen molar-refractivity contribution in [3.63, 3.8) is 0 Å². The van der Waals surface area contributed by atoms with Crippen molar-refractivity contribution in [2.45, 2.75) is 31.7 Å². The van der Waals surface area contributed by atoms with E-state index in [1.165, 1.54) is 5.56 Å². The molecule has 0 saturated heterocycles. The zero-order valence-corrected chi connectivity index (χ0v) is 12.2. The molecule has 0 aromatic heterocycles. The maximum absolute atomic E-state index is 9.42. The largest absolute Gasteiger partial charge is 0.508 e. The molecule has 2 aromatic rings. The molecular weight excluding hydrogens is 270 g/mol. The first-order valence-electron chi connectivity index (χ1n) is 6.93. The van der Waals surface area contributed by atoms with E-state index in [2.05, 4.69) is 17.4 Å². The lowest BCUT2D eigenvalue weighted by Gasteiger charge is -2.37. The van der Waals surface area contributed by atoms with Crippen molar-refractivity contribution >= 4 is 17.3 Å². The third-order valence-corrected chi connectivity index (χ3v) is 4.30. The summed E-state index contributed by atoms with van der Waals surface area (Å²) in [6, 6.07) is 14.1.